The predicted molar refractivity (Wildman–Crippen MR) is 112 cm³/mol. The largest absolute Gasteiger partial charge is 0.462 e. The number of amides is 1. The Morgan fingerprint density at radius 2 is 2.24 bits per heavy atom. The van der Waals surface area contributed by atoms with Crippen molar-refractivity contribution in [3.63, 3.8) is 0 Å². The molecule has 0 bridgehead atoms. The molecule has 8 nitrogen and oxygen atoms in total. The summed E-state index contributed by atoms with van der Waals surface area (Å²) >= 11 is 1.20. The molecule has 1 saturated heterocycles. The molecule has 2 aromatic heterocycles. The molecule has 0 aliphatic carbocycles. The first-order chi connectivity index (χ1) is 14.0. The quantitative estimate of drug-likeness (QED) is 0.527. The topological polar surface area (TPSA) is 98.5 Å². The summed E-state index contributed by atoms with van der Waals surface area (Å²) in [5, 5.41) is 8.15. The highest BCUT2D eigenvalue weighted by Gasteiger charge is 2.26. The smallest absolute Gasteiger partial charge is 0.343 e. The van der Waals surface area contributed by atoms with Crippen LogP contribution in [0.2, 0.25) is 0 Å². The third-order valence-electron chi connectivity index (χ3n) is 4.19. The van der Waals surface area contributed by atoms with Gasteiger partial charge >= 0.3 is 5.97 Å². The summed E-state index contributed by atoms with van der Waals surface area (Å²) in [4.78, 5) is 33.7. The number of benzene rings is 1. The fourth-order valence-electron chi connectivity index (χ4n) is 2.83. The number of nitrogens with zero attached hydrogens (tertiary/aromatic N) is 4. The second-order valence-corrected chi connectivity index (χ2v) is 7.19. The van der Waals surface area contributed by atoms with Gasteiger partial charge in [0, 0.05) is 18.6 Å². The van der Waals surface area contributed by atoms with Gasteiger partial charge in [0.2, 0.25) is 0 Å². The van der Waals surface area contributed by atoms with Crippen molar-refractivity contribution in [1.29, 1.82) is 0 Å². The molecule has 3 aromatic rings. The van der Waals surface area contributed by atoms with Crippen LogP contribution in [0.4, 0.5) is 5.82 Å². The molecule has 0 radical (unpaired) electrons. The number of fused-ring (bicyclic) bond motifs is 1. The van der Waals surface area contributed by atoms with Gasteiger partial charge in [0.05, 0.1) is 23.2 Å². The van der Waals surface area contributed by atoms with Crippen molar-refractivity contribution in [2.24, 2.45) is 12.0 Å². The molecule has 3 heterocycles. The molecule has 0 spiro atoms. The van der Waals surface area contributed by atoms with Crippen molar-refractivity contribution in [3.8, 4) is 0 Å². The van der Waals surface area contributed by atoms with E-state index in [4.69, 9.17) is 4.74 Å². The van der Waals surface area contributed by atoms with E-state index in [9.17, 15) is 9.59 Å². The number of pyridine rings is 1. The molecule has 1 amide bonds. The van der Waals surface area contributed by atoms with Gasteiger partial charge < -0.3 is 10.1 Å². The Kier molecular flexibility index (Phi) is 5.13. The van der Waals surface area contributed by atoms with Crippen LogP contribution < -0.4 is 5.32 Å². The molecule has 9 heteroatoms. The number of carbonyl (C=O) groups excluding carboxylic acids is 2. The maximum absolute atomic E-state index is 12.4. The molecule has 1 aliphatic heterocycles. The molecular weight excluding hydrogens is 390 g/mol. The second-order valence-electron chi connectivity index (χ2n) is 6.16. The molecule has 0 unspecified atom stereocenters. The van der Waals surface area contributed by atoms with E-state index in [-0.39, 0.29) is 18.1 Å². The first-order valence-corrected chi connectivity index (χ1v) is 9.70. The minimum Gasteiger partial charge on any atom is -0.462 e. The maximum Gasteiger partial charge on any atom is 0.343 e. The lowest BCUT2D eigenvalue weighted by Crippen LogP contribution is -2.19. The number of hydrogen-bond donors (Lipinski definition) is 1. The Balaban J connectivity index is 1.61. The normalized spacial score (nSPS) is 16.6. The number of ether oxygens (including phenoxy) is 1. The predicted octanol–water partition coefficient (Wildman–Crippen LogP) is 3.04. The van der Waals surface area contributed by atoms with Crippen molar-refractivity contribution in [3.05, 3.63) is 58.8 Å². The maximum atomic E-state index is 12.4. The van der Waals surface area contributed by atoms with Crippen LogP contribution >= 0.6 is 11.8 Å². The highest BCUT2D eigenvalue weighted by Crippen LogP contribution is 2.29. The Hall–Kier alpha value is -3.46. The van der Waals surface area contributed by atoms with Crippen LogP contribution in [-0.4, -0.2) is 38.4 Å². The van der Waals surface area contributed by atoms with Crippen molar-refractivity contribution in [1.82, 2.24) is 20.1 Å². The Bertz CT molecular complexity index is 1180. The first-order valence-electron chi connectivity index (χ1n) is 8.88. The Labute approximate surface area is 170 Å². The van der Waals surface area contributed by atoms with Crippen molar-refractivity contribution >= 4 is 51.6 Å². The number of nitrogens with one attached hydrogen (secondary N) is 1. The summed E-state index contributed by atoms with van der Waals surface area (Å²) in [5.74, 6) is -0.432. The summed E-state index contributed by atoms with van der Waals surface area (Å²) in [5.41, 5.74) is 2.02. The number of amidine groups is 1. The monoisotopic (exact) mass is 407 g/mol. The molecule has 29 heavy (non-hydrogen) atoms. The van der Waals surface area contributed by atoms with Gasteiger partial charge in [-0.2, -0.15) is 5.10 Å². The van der Waals surface area contributed by atoms with Gasteiger partial charge in [-0.15, -0.1) is 0 Å². The molecule has 4 rings (SSSR count). The number of rotatable bonds is 4. The third-order valence-corrected chi connectivity index (χ3v) is 5.10. The van der Waals surface area contributed by atoms with Crippen molar-refractivity contribution in [2.75, 3.05) is 6.61 Å². The van der Waals surface area contributed by atoms with Crippen LogP contribution in [0.3, 0.4) is 0 Å². The third kappa shape index (κ3) is 3.90. The minimum atomic E-state index is -0.505. The van der Waals surface area contributed by atoms with E-state index in [0.29, 0.717) is 15.9 Å². The number of esters is 1. The van der Waals surface area contributed by atoms with E-state index in [0.717, 1.165) is 16.5 Å². The van der Waals surface area contributed by atoms with E-state index >= 15 is 0 Å². The molecule has 1 aromatic carbocycles. The van der Waals surface area contributed by atoms with Crippen LogP contribution in [0.1, 0.15) is 22.8 Å². The van der Waals surface area contributed by atoms with Crippen LogP contribution in [-0.2, 0) is 16.6 Å². The summed E-state index contributed by atoms with van der Waals surface area (Å²) < 4.78 is 6.49. The lowest BCUT2D eigenvalue weighted by atomic mass is 10.1. The van der Waals surface area contributed by atoms with Crippen molar-refractivity contribution < 1.29 is 14.3 Å². The minimum absolute atomic E-state index is 0.246. The lowest BCUT2D eigenvalue weighted by molar-refractivity contribution is -0.115. The number of thioether (sulfide) groups is 1. The summed E-state index contributed by atoms with van der Waals surface area (Å²) in [6.45, 7) is 1.98. The number of aliphatic imine (C=N–C) groups is 1. The first kappa shape index (κ1) is 18.9. The summed E-state index contributed by atoms with van der Waals surface area (Å²) in [6.07, 6.45) is 4.94. The standard InChI is InChI=1S/C20H17N5O3S/c1-3-28-19(27)14-11-22-25(2)17(14)23-20-24-18(26)16(29-20)10-12-6-7-15-13(9-12)5-4-8-21-15/h4-11H,3H2,1-2H3,(H,23,24,26)/b16-10+. The SMILES string of the molecule is CCOC(=O)c1cnn(C)c1/N=C1\NC(=O)/C(=C\c2ccc3ncccc3c2)S1. The average Bonchev–Trinajstić information content (AvgIpc) is 3.24. The zero-order chi connectivity index (χ0) is 20.4. The molecule has 146 valence electrons. The Morgan fingerprint density at radius 1 is 1.38 bits per heavy atom. The Morgan fingerprint density at radius 3 is 3.07 bits per heavy atom. The molecule has 1 aliphatic rings. The van der Waals surface area contributed by atoms with E-state index < -0.39 is 5.97 Å². The zero-order valence-corrected chi connectivity index (χ0v) is 16.6. The molecule has 1 fully saturated rings. The lowest BCUT2D eigenvalue weighted by Gasteiger charge is -2.02. The van der Waals surface area contributed by atoms with Gasteiger partial charge in [-0.25, -0.2) is 9.79 Å². The van der Waals surface area contributed by atoms with Crippen LogP contribution in [0.25, 0.3) is 17.0 Å². The van der Waals surface area contributed by atoms with Gasteiger partial charge in [0.15, 0.2) is 11.0 Å². The van der Waals surface area contributed by atoms with Gasteiger partial charge in [-0.3, -0.25) is 14.5 Å². The molecular formula is C20H17N5O3S. The number of aryl methyl sites for hydroxylation is 1. The van der Waals surface area contributed by atoms with Gasteiger partial charge in [0.25, 0.3) is 5.91 Å². The van der Waals surface area contributed by atoms with E-state index in [1.165, 1.54) is 22.6 Å². The molecule has 0 saturated carbocycles. The highest BCUT2D eigenvalue weighted by atomic mass is 32.2. The van der Waals surface area contributed by atoms with Gasteiger partial charge in [-0.05, 0) is 48.5 Å². The van der Waals surface area contributed by atoms with Crippen molar-refractivity contribution in [2.45, 2.75) is 6.92 Å². The van der Waals surface area contributed by atoms with Gasteiger partial charge in [0.1, 0.15) is 5.56 Å². The fourth-order valence-corrected chi connectivity index (χ4v) is 3.65. The van der Waals surface area contributed by atoms with Crippen LogP contribution in [0.15, 0.2) is 52.6 Å². The van der Waals surface area contributed by atoms with Gasteiger partial charge in [-0.1, -0.05) is 12.1 Å². The average molecular weight is 407 g/mol. The number of hydrogen-bond acceptors (Lipinski definition) is 7. The molecule has 0 atom stereocenters. The van der Waals surface area contributed by atoms with Crippen LogP contribution in [0.5, 0.6) is 0 Å². The van der Waals surface area contributed by atoms with E-state index in [1.54, 1.807) is 26.2 Å². The zero-order valence-electron chi connectivity index (χ0n) is 15.7. The summed E-state index contributed by atoms with van der Waals surface area (Å²) in [6, 6.07) is 9.63. The van der Waals surface area contributed by atoms with Crippen LogP contribution in [0, 0.1) is 0 Å². The molecule has 1 N–H and O–H groups in total. The number of carbonyl (C=O) groups is 2. The van der Waals surface area contributed by atoms with E-state index in [2.05, 4.69) is 20.4 Å². The highest BCUT2D eigenvalue weighted by molar-refractivity contribution is 8.18. The summed E-state index contributed by atoms with van der Waals surface area (Å²) in [7, 11) is 1.67. The van der Waals surface area contributed by atoms with E-state index in [1.807, 2.05) is 30.3 Å². The second kappa shape index (κ2) is 7.88. The fraction of sp³-hybridized carbons (Fsp3) is 0.150. The number of aromatic nitrogens is 3.